The van der Waals surface area contributed by atoms with Crippen LogP contribution in [0.3, 0.4) is 0 Å². The zero-order valence-corrected chi connectivity index (χ0v) is 21.1. The molecule has 4 aromatic rings. The molecule has 2 heterocycles. The van der Waals surface area contributed by atoms with Crippen LogP contribution in [-0.4, -0.2) is 66.7 Å². The van der Waals surface area contributed by atoms with Gasteiger partial charge in [0.2, 0.25) is 0 Å². The van der Waals surface area contributed by atoms with Crippen molar-refractivity contribution in [2.75, 3.05) is 46.4 Å². The zero-order valence-electron chi connectivity index (χ0n) is 21.1. The highest BCUT2D eigenvalue weighted by molar-refractivity contribution is 6.06. The summed E-state index contributed by atoms with van der Waals surface area (Å²) in [5, 5.41) is 4.25. The third-order valence-electron chi connectivity index (χ3n) is 6.95. The number of amides is 1. The lowest BCUT2D eigenvalue weighted by Gasteiger charge is -2.34. The van der Waals surface area contributed by atoms with Gasteiger partial charge < -0.3 is 10.1 Å². The van der Waals surface area contributed by atoms with E-state index in [1.807, 2.05) is 36.4 Å². The van der Waals surface area contributed by atoms with E-state index in [0.29, 0.717) is 34.3 Å². The lowest BCUT2D eigenvalue weighted by atomic mass is 10.1. The second-order valence-corrected chi connectivity index (χ2v) is 9.32. The maximum absolute atomic E-state index is 13.3. The zero-order chi connectivity index (χ0) is 25.6. The Labute approximate surface area is 216 Å². The Morgan fingerprint density at radius 2 is 1.49 bits per heavy atom. The van der Waals surface area contributed by atoms with Gasteiger partial charge in [-0.2, -0.15) is 0 Å². The molecule has 0 bridgehead atoms. The van der Waals surface area contributed by atoms with Crippen LogP contribution >= 0.6 is 0 Å². The number of rotatable bonds is 8. The summed E-state index contributed by atoms with van der Waals surface area (Å²) in [5.74, 6) is 0.526. The molecule has 1 amide bonds. The highest BCUT2D eigenvalue weighted by Gasteiger charge is 2.18. The van der Waals surface area contributed by atoms with Crippen LogP contribution in [0, 0.1) is 0 Å². The normalized spacial score (nSPS) is 14.5. The number of hydrogen-bond donors (Lipinski definition) is 1. The summed E-state index contributed by atoms with van der Waals surface area (Å²) < 4.78 is 6.77. The van der Waals surface area contributed by atoms with E-state index in [1.165, 1.54) is 10.1 Å². The van der Waals surface area contributed by atoms with Gasteiger partial charge in [-0.25, -0.2) is 0 Å². The molecule has 7 nitrogen and oxygen atoms in total. The number of hydrogen-bond acceptors (Lipinski definition) is 5. The molecule has 0 aliphatic carbocycles. The molecule has 37 heavy (non-hydrogen) atoms. The van der Waals surface area contributed by atoms with Crippen LogP contribution in [0.5, 0.6) is 5.75 Å². The SMILES string of the molecule is COc1ccc(-n2cc(C(=O)NCCN3CCN(Cc4ccccc4)CC3)c3ccccc3c2=O)cc1. The van der Waals surface area contributed by atoms with Crippen molar-refractivity contribution in [3.05, 3.63) is 107 Å². The van der Waals surface area contributed by atoms with Gasteiger partial charge in [0.25, 0.3) is 11.5 Å². The molecule has 1 aromatic heterocycles. The Morgan fingerprint density at radius 3 is 2.19 bits per heavy atom. The predicted octanol–water partition coefficient (Wildman–Crippen LogP) is 3.55. The summed E-state index contributed by atoms with van der Waals surface area (Å²) >= 11 is 0. The van der Waals surface area contributed by atoms with Crippen molar-refractivity contribution in [2.24, 2.45) is 0 Å². The fraction of sp³-hybridized carbons (Fsp3) is 0.267. The summed E-state index contributed by atoms with van der Waals surface area (Å²) in [6.45, 7) is 6.31. The molecule has 0 atom stereocenters. The van der Waals surface area contributed by atoms with Gasteiger partial charge in [-0.3, -0.25) is 24.0 Å². The molecule has 3 aromatic carbocycles. The van der Waals surface area contributed by atoms with Crippen LogP contribution in [0.25, 0.3) is 16.5 Å². The van der Waals surface area contributed by atoms with Crippen molar-refractivity contribution in [2.45, 2.75) is 6.54 Å². The van der Waals surface area contributed by atoms with Crippen LogP contribution < -0.4 is 15.6 Å². The van der Waals surface area contributed by atoms with Gasteiger partial charge in [-0.1, -0.05) is 48.5 Å². The largest absolute Gasteiger partial charge is 0.497 e. The number of carbonyl (C=O) groups is 1. The van der Waals surface area contributed by atoms with E-state index >= 15 is 0 Å². The Hall–Kier alpha value is -3.94. The van der Waals surface area contributed by atoms with E-state index < -0.39 is 0 Å². The van der Waals surface area contributed by atoms with Crippen molar-refractivity contribution in [1.29, 1.82) is 0 Å². The Bertz CT molecular complexity index is 1410. The average molecular weight is 497 g/mol. The molecule has 1 N–H and O–H groups in total. The topological polar surface area (TPSA) is 66.8 Å². The summed E-state index contributed by atoms with van der Waals surface area (Å²) in [6.07, 6.45) is 1.64. The minimum atomic E-state index is -0.179. The van der Waals surface area contributed by atoms with Gasteiger partial charge in [0.15, 0.2) is 0 Å². The van der Waals surface area contributed by atoms with Crippen LogP contribution in [0.1, 0.15) is 15.9 Å². The highest BCUT2D eigenvalue weighted by atomic mass is 16.5. The van der Waals surface area contributed by atoms with Gasteiger partial charge in [0.05, 0.1) is 12.7 Å². The maximum Gasteiger partial charge on any atom is 0.262 e. The summed E-state index contributed by atoms with van der Waals surface area (Å²) in [5.41, 5.74) is 2.34. The minimum Gasteiger partial charge on any atom is -0.497 e. The molecule has 5 rings (SSSR count). The molecule has 0 saturated carbocycles. The second kappa shape index (κ2) is 11.4. The van der Waals surface area contributed by atoms with Gasteiger partial charge >= 0.3 is 0 Å². The number of ether oxygens (including phenoxy) is 1. The molecular weight excluding hydrogens is 464 g/mol. The van der Waals surface area contributed by atoms with Gasteiger partial charge in [0, 0.05) is 68.5 Å². The van der Waals surface area contributed by atoms with E-state index in [1.54, 1.807) is 31.5 Å². The number of pyridine rings is 1. The lowest BCUT2D eigenvalue weighted by Crippen LogP contribution is -2.48. The lowest BCUT2D eigenvalue weighted by molar-refractivity contribution is 0.0935. The summed E-state index contributed by atoms with van der Waals surface area (Å²) in [7, 11) is 1.60. The number of nitrogens with one attached hydrogen (secondary N) is 1. The number of methoxy groups -OCH3 is 1. The van der Waals surface area contributed by atoms with Crippen molar-refractivity contribution in [1.82, 2.24) is 19.7 Å². The van der Waals surface area contributed by atoms with Crippen LogP contribution in [-0.2, 0) is 6.54 Å². The first-order valence-corrected chi connectivity index (χ1v) is 12.7. The molecule has 1 aliphatic rings. The Kier molecular flexibility index (Phi) is 7.63. The second-order valence-electron chi connectivity index (χ2n) is 9.32. The summed E-state index contributed by atoms with van der Waals surface area (Å²) in [6, 6.07) is 25.1. The van der Waals surface area contributed by atoms with E-state index in [0.717, 1.165) is 39.3 Å². The van der Waals surface area contributed by atoms with Crippen molar-refractivity contribution >= 4 is 16.7 Å². The van der Waals surface area contributed by atoms with Gasteiger partial charge in [-0.05, 0) is 35.9 Å². The number of carbonyl (C=O) groups excluding carboxylic acids is 1. The maximum atomic E-state index is 13.3. The van der Waals surface area contributed by atoms with Crippen LogP contribution in [0.15, 0.2) is 89.9 Å². The first-order valence-electron chi connectivity index (χ1n) is 12.7. The molecule has 1 aliphatic heterocycles. The number of piperazine rings is 1. The van der Waals surface area contributed by atoms with Gasteiger partial charge in [-0.15, -0.1) is 0 Å². The molecule has 0 unspecified atom stereocenters. The van der Waals surface area contributed by atoms with Gasteiger partial charge in [0.1, 0.15) is 5.75 Å². The van der Waals surface area contributed by atoms with E-state index in [4.69, 9.17) is 4.74 Å². The Balaban J connectivity index is 1.24. The molecular formula is C30H32N4O3. The summed E-state index contributed by atoms with van der Waals surface area (Å²) in [4.78, 5) is 31.3. The van der Waals surface area contributed by atoms with Crippen molar-refractivity contribution < 1.29 is 9.53 Å². The highest BCUT2D eigenvalue weighted by Crippen LogP contribution is 2.19. The number of nitrogens with zero attached hydrogens (tertiary/aromatic N) is 3. The number of aromatic nitrogens is 1. The molecule has 7 heteroatoms. The first-order chi connectivity index (χ1) is 18.1. The monoisotopic (exact) mass is 496 g/mol. The standard InChI is InChI=1S/C30H32N4O3/c1-37-25-13-11-24(12-14-25)34-22-28(26-9-5-6-10-27(26)30(34)36)29(35)31-15-16-32-17-19-33(20-18-32)21-23-7-3-2-4-8-23/h2-14,22H,15-21H2,1H3,(H,31,35). The molecule has 0 spiro atoms. The molecule has 1 saturated heterocycles. The smallest absolute Gasteiger partial charge is 0.262 e. The molecule has 190 valence electrons. The quantitative estimate of drug-likeness (QED) is 0.404. The fourth-order valence-corrected chi connectivity index (χ4v) is 4.84. The van der Waals surface area contributed by atoms with Crippen molar-refractivity contribution in [3.63, 3.8) is 0 Å². The molecule has 1 fully saturated rings. The van der Waals surface area contributed by atoms with E-state index in [-0.39, 0.29) is 11.5 Å². The Morgan fingerprint density at radius 1 is 0.838 bits per heavy atom. The third-order valence-corrected chi connectivity index (χ3v) is 6.95. The fourth-order valence-electron chi connectivity index (χ4n) is 4.84. The van der Waals surface area contributed by atoms with Crippen LogP contribution in [0.4, 0.5) is 0 Å². The third kappa shape index (κ3) is 5.74. The van der Waals surface area contributed by atoms with Crippen LogP contribution in [0.2, 0.25) is 0 Å². The average Bonchev–Trinajstić information content (AvgIpc) is 2.95. The minimum absolute atomic E-state index is 0.161. The van der Waals surface area contributed by atoms with E-state index in [9.17, 15) is 9.59 Å². The molecule has 0 radical (unpaired) electrons. The first kappa shape index (κ1) is 24.7. The number of fused-ring (bicyclic) bond motifs is 1. The number of benzene rings is 3. The van der Waals surface area contributed by atoms with Crippen molar-refractivity contribution in [3.8, 4) is 11.4 Å². The van der Waals surface area contributed by atoms with E-state index in [2.05, 4.69) is 39.4 Å². The predicted molar refractivity (Wildman–Crippen MR) is 147 cm³/mol.